The molecule has 4 heterocycles. The normalized spacial score (nSPS) is 32.2. The molecule has 1 aromatic carbocycles. The second-order valence-electron chi connectivity index (χ2n) is 8.25. The Kier molecular flexibility index (Phi) is 3.76. The molecule has 0 N–H and O–H groups in total. The zero-order valence-corrected chi connectivity index (χ0v) is 15.3. The topological polar surface area (TPSA) is 47.5 Å². The highest BCUT2D eigenvalue weighted by atomic mass is 16.5. The summed E-state index contributed by atoms with van der Waals surface area (Å²) in [6, 6.07) is 8.80. The zero-order chi connectivity index (χ0) is 17.7. The van der Waals surface area contributed by atoms with E-state index in [-0.39, 0.29) is 11.7 Å². The van der Waals surface area contributed by atoms with E-state index in [0.717, 1.165) is 31.7 Å². The third-order valence-electron chi connectivity index (χ3n) is 6.27. The molecule has 0 spiro atoms. The van der Waals surface area contributed by atoms with Crippen molar-refractivity contribution in [1.82, 2.24) is 14.9 Å². The number of rotatable bonds is 2. The van der Waals surface area contributed by atoms with Gasteiger partial charge in [-0.1, -0.05) is 18.2 Å². The molecule has 0 bridgehead atoms. The van der Waals surface area contributed by atoms with E-state index in [0.29, 0.717) is 18.1 Å². The van der Waals surface area contributed by atoms with Crippen LogP contribution in [0.2, 0.25) is 0 Å². The first-order valence-corrected chi connectivity index (χ1v) is 9.53. The monoisotopic (exact) mass is 351 g/mol. The van der Waals surface area contributed by atoms with E-state index < -0.39 is 0 Å². The fraction of sp³-hybridized carbons (Fsp3) is 0.524. The van der Waals surface area contributed by atoms with E-state index in [1.54, 1.807) is 6.33 Å². The molecule has 5 heteroatoms. The molecule has 0 amide bonds. The molecule has 1 aromatic heterocycles. The van der Waals surface area contributed by atoms with Gasteiger partial charge in [0.05, 0.1) is 12.2 Å². The molecular weight excluding hydrogens is 326 g/mol. The van der Waals surface area contributed by atoms with Crippen LogP contribution in [0.5, 0.6) is 5.75 Å². The summed E-state index contributed by atoms with van der Waals surface area (Å²) in [6.45, 7) is 6.36. The molecule has 2 aromatic rings. The van der Waals surface area contributed by atoms with Gasteiger partial charge in [0.25, 0.3) is 0 Å². The lowest BCUT2D eigenvalue weighted by atomic mass is 9.74. The standard InChI is InChI=1S/C21H25N3O2/c1-21(2)16-9-17-19(7-8-24(17)12-14-10-22-13-23-11-14)25-20(16)15-5-3-4-6-18(15)26-21/h3-6,10-11,13,16-17,19-20H,7-9,12H2,1-2H3/t16-,17-,19-,20+/m1/s1. The third-order valence-corrected chi connectivity index (χ3v) is 6.27. The minimum atomic E-state index is -0.228. The van der Waals surface area contributed by atoms with Gasteiger partial charge >= 0.3 is 0 Å². The van der Waals surface area contributed by atoms with Crippen LogP contribution in [-0.2, 0) is 11.3 Å². The molecule has 0 unspecified atom stereocenters. The highest BCUT2D eigenvalue weighted by molar-refractivity contribution is 5.39. The summed E-state index contributed by atoms with van der Waals surface area (Å²) in [5.74, 6) is 1.33. The number of hydrogen-bond donors (Lipinski definition) is 0. The zero-order valence-electron chi connectivity index (χ0n) is 15.3. The number of hydrogen-bond acceptors (Lipinski definition) is 5. The van der Waals surface area contributed by atoms with Gasteiger partial charge in [0.15, 0.2) is 0 Å². The minimum Gasteiger partial charge on any atom is -0.487 e. The van der Waals surface area contributed by atoms with Crippen molar-refractivity contribution in [3.05, 3.63) is 54.1 Å². The van der Waals surface area contributed by atoms with Gasteiger partial charge in [0.2, 0.25) is 0 Å². The van der Waals surface area contributed by atoms with Crippen LogP contribution in [-0.4, -0.2) is 39.2 Å². The molecular formula is C21H25N3O2. The van der Waals surface area contributed by atoms with E-state index in [1.165, 1.54) is 11.1 Å². The maximum Gasteiger partial charge on any atom is 0.125 e. The van der Waals surface area contributed by atoms with Crippen LogP contribution in [0.1, 0.15) is 43.9 Å². The Morgan fingerprint density at radius 1 is 1.19 bits per heavy atom. The number of nitrogens with zero attached hydrogens (tertiary/aromatic N) is 3. The molecule has 26 heavy (non-hydrogen) atoms. The maximum absolute atomic E-state index is 6.69. The number of para-hydroxylation sites is 1. The predicted octanol–water partition coefficient (Wildman–Crippen LogP) is 3.37. The highest BCUT2D eigenvalue weighted by Gasteiger charge is 2.52. The first kappa shape index (κ1) is 16.2. The summed E-state index contributed by atoms with van der Waals surface area (Å²) >= 11 is 0. The van der Waals surface area contributed by atoms with Crippen LogP contribution in [0.25, 0.3) is 0 Å². The van der Waals surface area contributed by atoms with Gasteiger partial charge in [0, 0.05) is 48.6 Å². The van der Waals surface area contributed by atoms with Crippen molar-refractivity contribution < 1.29 is 9.47 Å². The largest absolute Gasteiger partial charge is 0.487 e. The first-order chi connectivity index (χ1) is 12.6. The Morgan fingerprint density at radius 3 is 2.85 bits per heavy atom. The first-order valence-electron chi connectivity index (χ1n) is 9.53. The number of aromatic nitrogens is 2. The minimum absolute atomic E-state index is 0.135. The van der Waals surface area contributed by atoms with E-state index in [4.69, 9.17) is 9.47 Å². The average molecular weight is 351 g/mol. The van der Waals surface area contributed by atoms with Crippen molar-refractivity contribution in [2.45, 2.75) is 57.1 Å². The molecule has 0 radical (unpaired) electrons. The second kappa shape index (κ2) is 6.03. The van der Waals surface area contributed by atoms with Gasteiger partial charge < -0.3 is 9.47 Å². The SMILES string of the molecule is CC1(C)Oc2ccccc2[C@@H]2O[C@@H]3CCN(Cc4cncnc4)[C@@H]3C[C@H]21. The summed E-state index contributed by atoms with van der Waals surface area (Å²) < 4.78 is 13.1. The lowest BCUT2D eigenvalue weighted by Gasteiger charge is -2.50. The smallest absolute Gasteiger partial charge is 0.125 e. The predicted molar refractivity (Wildman–Crippen MR) is 97.7 cm³/mol. The van der Waals surface area contributed by atoms with Gasteiger partial charge in [-0.05, 0) is 32.8 Å². The lowest BCUT2D eigenvalue weighted by molar-refractivity contribution is -0.162. The molecule has 136 valence electrons. The van der Waals surface area contributed by atoms with Crippen LogP contribution in [0.3, 0.4) is 0 Å². The number of likely N-dealkylation sites (tertiary alicyclic amines) is 1. The summed E-state index contributed by atoms with van der Waals surface area (Å²) in [6.07, 6.45) is 8.03. The van der Waals surface area contributed by atoms with Crippen molar-refractivity contribution >= 4 is 0 Å². The Bertz CT molecular complexity index is 795. The quantitative estimate of drug-likeness (QED) is 0.830. The summed E-state index contributed by atoms with van der Waals surface area (Å²) in [4.78, 5) is 10.8. The van der Waals surface area contributed by atoms with Gasteiger partial charge in [-0.3, -0.25) is 4.90 Å². The van der Waals surface area contributed by atoms with Crippen LogP contribution in [0, 0.1) is 5.92 Å². The fourth-order valence-corrected chi connectivity index (χ4v) is 4.96. The number of fused-ring (bicyclic) bond motifs is 4. The van der Waals surface area contributed by atoms with Crippen LogP contribution in [0.4, 0.5) is 0 Å². The van der Waals surface area contributed by atoms with Crippen molar-refractivity contribution in [2.24, 2.45) is 5.92 Å². The van der Waals surface area contributed by atoms with Crippen LogP contribution >= 0.6 is 0 Å². The molecule has 5 rings (SSSR count). The molecule has 2 saturated heterocycles. The van der Waals surface area contributed by atoms with Crippen molar-refractivity contribution in [2.75, 3.05) is 6.54 Å². The summed E-state index contributed by atoms with van der Waals surface area (Å²) in [5.41, 5.74) is 2.15. The Balaban J connectivity index is 1.42. The van der Waals surface area contributed by atoms with E-state index >= 15 is 0 Å². The molecule has 4 atom stereocenters. The van der Waals surface area contributed by atoms with E-state index in [2.05, 4.69) is 46.9 Å². The van der Waals surface area contributed by atoms with Crippen LogP contribution < -0.4 is 4.74 Å². The van der Waals surface area contributed by atoms with E-state index in [1.807, 2.05) is 18.5 Å². The fourth-order valence-electron chi connectivity index (χ4n) is 4.96. The molecule has 3 aliphatic heterocycles. The Morgan fingerprint density at radius 2 is 2.00 bits per heavy atom. The third kappa shape index (κ3) is 2.61. The number of ether oxygens (including phenoxy) is 2. The average Bonchev–Trinajstić information content (AvgIpc) is 3.03. The van der Waals surface area contributed by atoms with Crippen LogP contribution in [0.15, 0.2) is 43.0 Å². The Labute approximate surface area is 154 Å². The highest BCUT2D eigenvalue weighted by Crippen LogP contribution is 2.52. The number of benzene rings is 1. The van der Waals surface area contributed by atoms with Gasteiger partial charge in [-0.2, -0.15) is 0 Å². The van der Waals surface area contributed by atoms with Gasteiger partial charge in [-0.15, -0.1) is 0 Å². The summed E-state index contributed by atoms with van der Waals surface area (Å²) in [5, 5.41) is 0. The van der Waals surface area contributed by atoms with Gasteiger partial charge in [0.1, 0.15) is 17.7 Å². The Hall–Kier alpha value is -1.98. The molecule has 3 aliphatic rings. The van der Waals surface area contributed by atoms with Gasteiger partial charge in [-0.25, -0.2) is 9.97 Å². The van der Waals surface area contributed by atoms with E-state index in [9.17, 15) is 0 Å². The maximum atomic E-state index is 6.69. The lowest BCUT2D eigenvalue weighted by Crippen LogP contribution is -2.53. The van der Waals surface area contributed by atoms with Crippen molar-refractivity contribution in [3.8, 4) is 5.75 Å². The molecule has 5 nitrogen and oxygen atoms in total. The van der Waals surface area contributed by atoms with Crippen molar-refractivity contribution in [1.29, 1.82) is 0 Å². The second-order valence-corrected chi connectivity index (χ2v) is 8.25. The summed E-state index contributed by atoms with van der Waals surface area (Å²) in [7, 11) is 0. The molecule has 2 fully saturated rings. The van der Waals surface area contributed by atoms with Crippen molar-refractivity contribution in [3.63, 3.8) is 0 Å². The molecule has 0 aliphatic carbocycles. The molecule has 0 saturated carbocycles.